The Morgan fingerprint density at radius 1 is 1.24 bits per heavy atom. The minimum Gasteiger partial charge on any atom is -0.202 e. The van der Waals surface area contributed by atoms with Gasteiger partial charge in [-0.15, -0.1) is 0 Å². The second-order valence-corrected chi connectivity index (χ2v) is 5.78. The predicted octanol–water partition coefficient (Wildman–Crippen LogP) is 1.40. The molecule has 0 aromatic carbocycles. The van der Waals surface area contributed by atoms with Crippen LogP contribution >= 0.6 is 0 Å². The molecule has 0 aliphatic carbocycles. The fourth-order valence-electron chi connectivity index (χ4n) is 1.77. The van der Waals surface area contributed by atoms with Gasteiger partial charge >= 0.3 is 0 Å². The van der Waals surface area contributed by atoms with Crippen molar-refractivity contribution in [1.82, 2.24) is 9.03 Å². The van der Waals surface area contributed by atoms with Crippen molar-refractivity contribution >= 4 is 10.2 Å². The largest absolute Gasteiger partial charge is 0.279 e. The van der Waals surface area contributed by atoms with Crippen LogP contribution in [0.25, 0.3) is 10.4 Å². The van der Waals surface area contributed by atoms with E-state index in [2.05, 4.69) is 14.7 Å². The molecular formula is C9H19N5O2S. The van der Waals surface area contributed by atoms with Gasteiger partial charge in [0.05, 0.1) is 0 Å². The van der Waals surface area contributed by atoms with E-state index in [4.69, 9.17) is 5.53 Å². The van der Waals surface area contributed by atoms with E-state index in [1.165, 1.54) is 4.31 Å². The third kappa shape index (κ3) is 5.36. The van der Waals surface area contributed by atoms with Crippen LogP contribution in [-0.4, -0.2) is 38.9 Å². The fraction of sp³-hybridized carbons (Fsp3) is 1.00. The van der Waals surface area contributed by atoms with Crippen LogP contribution in [0.15, 0.2) is 5.11 Å². The number of nitrogens with one attached hydrogen (secondary N) is 1. The monoisotopic (exact) mass is 261 g/mol. The molecule has 0 bridgehead atoms. The minimum atomic E-state index is -3.35. The summed E-state index contributed by atoms with van der Waals surface area (Å²) in [5, 5.41) is 3.35. The van der Waals surface area contributed by atoms with Crippen LogP contribution in [-0.2, 0) is 10.2 Å². The molecule has 1 aliphatic heterocycles. The summed E-state index contributed by atoms with van der Waals surface area (Å²) in [6.45, 7) is 1.84. The fourth-order valence-corrected chi connectivity index (χ4v) is 3.09. The third-order valence-corrected chi connectivity index (χ3v) is 4.30. The normalized spacial score (nSPS) is 18.4. The van der Waals surface area contributed by atoms with Gasteiger partial charge in [-0.05, 0) is 24.8 Å². The topological polar surface area (TPSA) is 98.2 Å². The van der Waals surface area contributed by atoms with Gasteiger partial charge in [-0.2, -0.15) is 12.7 Å². The maximum absolute atomic E-state index is 11.9. The number of hydrogen-bond donors (Lipinski definition) is 1. The molecule has 1 saturated heterocycles. The molecule has 0 radical (unpaired) electrons. The summed E-state index contributed by atoms with van der Waals surface area (Å²) in [7, 11) is -3.35. The zero-order valence-electron chi connectivity index (χ0n) is 9.88. The Morgan fingerprint density at radius 2 is 1.88 bits per heavy atom. The molecule has 1 aliphatic rings. The maximum atomic E-state index is 11.9. The molecule has 98 valence electrons. The summed E-state index contributed by atoms with van der Waals surface area (Å²) in [4.78, 5) is 2.61. The molecule has 1 heterocycles. The third-order valence-electron chi connectivity index (χ3n) is 2.69. The molecule has 0 aromatic rings. The zero-order valence-corrected chi connectivity index (χ0v) is 10.7. The van der Waals surface area contributed by atoms with Gasteiger partial charge in [-0.3, -0.25) is 0 Å². The molecule has 0 atom stereocenters. The van der Waals surface area contributed by atoms with E-state index in [9.17, 15) is 8.42 Å². The maximum Gasteiger partial charge on any atom is 0.279 e. The lowest BCUT2D eigenvalue weighted by Gasteiger charge is -2.19. The average molecular weight is 261 g/mol. The summed E-state index contributed by atoms with van der Waals surface area (Å²) >= 11 is 0. The van der Waals surface area contributed by atoms with Crippen molar-refractivity contribution in [3.8, 4) is 0 Å². The summed E-state index contributed by atoms with van der Waals surface area (Å²) in [5.41, 5.74) is 8.07. The van der Waals surface area contributed by atoms with E-state index < -0.39 is 10.2 Å². The van der Waals surface area contributed by atoms with Crippen molar-refractivity contribution in [3.05, 3.63) is 10.4 Å². The highest BCUT2D eigenvalue weighted by molar-refractivity contribution is 7.87. The molecule has 1 rings (SSSR count). The summed E-state index contributed by atoms with van der Waals surface area (Å²) in [5.74, 6) is 0. The summed E-state index contributed by atoms with van der Waals surface area (Å²) in [6.07, 6.45) is 4.59. The minimum absolute atomic E-state index is 0.317. The molecule has 0 saturated carbocycles. The van der Waals surface area contributed by atoms with Crippen molar-refractivity contribution < 1.29 is 8.42 Å². The molecule has 7 nitrogen and oxygen atoms in total. The lowest BCUT2D eigenvalue weighted by Crippen LogP contribution is -2.41. The van der Waals surface area contributed by atoms with E-state index in [-0.39, 0.29) is 0 Å². The second-order valence-electron chi connectivity index (χ2n) is 4.02. The molecular weight excluding hydrogens is 242 g/mol. The quantitative estimate of drug-likeness (QED) is 0.338. The van der Waals surface area contributed by atoms with Crippen LogP contribution in [0.3, 0.4) is 0 Å². The Labute approximate surface area is 102 Å². The van der Waals surface area contributed by atoms with E-state index in [1.807, 2.05) is 0 Å². The SMILES string of the molecule is [N-]=[N+]=NCCCNS(=O)(=O)N1CCCCCC1. The highest BCUT2D eigenvalue weighted by atomic mass is 32.2. The van der Waals surface area contributed by atoms with Gasteiger partial charge < -0.3 is 0 Å². The van der Waals surface area contributed by atoms with Crippen LogP contribution in [0.5, 0.6) is 0 Å². The molecule has 0 unspecified atom stereocenters. The molecule has 0 spiro atoms. The van der Waals surface area contributed by atoms with Crippen molar-refractivity contribution in [2.75, 3.05) is 26.2 Å². The lowest BCUT2D eigenvalue weighted by atomic mass is 10.2. The van der Waals surface area contributed by atoms with Gasteiger partial charge in [0.25, 0.3) is 10.2 Å². The van der Waals surface area contributed by atoms with Crippen molar-refractivity contribution in [3.63, 3.8) is 0 Å². The first-order chi connectivity index (χ1) is 8.17. The predicted molar refractivity (Wildman–Crippen MR) is 65.6 cm³/mol. The van der Waals surface area contributed by atoms with Crippen LogP contribution in [0.2, 0.25) is 0 Å². The Kier molecular flexibility index (Phi) is 6.28. The Balaban J connectivity index is 2.35. The van der Waals surface area contributed by atoms with Crippen molar-refractivity contribution in [1.29, 1.82) is 0 Å². The van der Waals surface area contributed by atoms with E-state index in [0.717, 1.165) is 25.7 Å². The standard InChI is InChI=1S/C9H19N5O2S/c10-13-11-6-5-7-12-17(15,16)14-8-3-1-2-4-9-14/h12H,1-9H2. The Hall–Kier alpha value is -0.820. The molecule has 1 N–H and O–H groups in total. The average Bonchev–Trinajstić information content (AvgIpc) is 2.57. The van der Waals surface area contributed by atoms with Crippen molar-refractivity contribution in [2.45, 2.75) is 32.1 Å². The van der Waals surface area contributed by atoms with Crippen LogP contribution < -0.4 is 4.72 Å². The molecule has 8 heteroatoms. The summed E-state index contributed by atoms with van der Waals surface area (Å²) < 4.78 is 27.8. The number of rotatable bonds is 6. The Morgan fingerprint density at radius 3 is 2.47 bits per heavy atom. The highest BCUT2D eigenvalue weighted by Gasteiger charge is 2.21. The van der Waals surface area contributed by atoms with Gasteiger partial charge in [-0.25, -0.2) is 4.72 Å². The number of hydrogen-bond acceptors (Lipinski definition) is 3. The van der Waals surface area contributed by atoms with Gasteiger partial charge in [0, 0.05) is 31.1 Å². The van der Waals surface area contributed by atoms with Crippen LogP contribution in [0.1, 0.15) is 32.1 Å². The smallest absolute Gasteiger partial charge is 0.202 e. The van der Waals surface area contributed by atoms with Gasteiger partial charge in [-0.1, -0.05) is 18.0 Å². The van der Waals surface area contributed by atoms with E-state index in [1.54, 1.807) is 0 Å². The first kappa shape index (κ1) is 14.2. The first-order valence-electron chi connectivity index (χ1n) is 5.92. The van der Waals surface area contributed by atoms with E-state index in [0.29, 0.717) is 32.6 Å². The van der Waals surface area contributed by atoms with Gasteiger partial charge in [0.1, 0.15) is 0 Å². The second kappa shape index (κ2) is 7.50. The lowest BCUT2D eigenvalue weighted by molar-refractivity contribution is 0.414. The number of azide groups is 1. The van der Waals surface area contributed by atoms with Crippen molar-refractivity contribution in [2.24, 2.45) is 5.11 Å². The molecule has 1 fully saturated rings. The van der Waals surface area contributed by atoms with Crippen LogP contribution in [0.4, 0.5) is 0 Å². The van der Waals surface area contributed by atoms with Crippen LogP contribution in [0, 0.1) is 0 Å². The molecule has 0 amide bonds. The summed E-state index contributed by atoms with van der Waals surface area (Å²) in [6, 6.07) is 0. The highest BCUT2D eigenvalue weighted by Crippen LogP contribution is 2.12. The Bertz CT molecular complexity index is 356. The number of nitrogens with zero attached hydrogens (tertiary/aromatic N) is 4. The first-order valence-corrected chi connectivity index (χ1v) is 7.36. The zero-order chi connectivity index (χ0) is 12.6. The van der Waals surface area contributed by atoms with Gasteiger partial charge in [0.15, 0.2) is 0 Å². The molecule has 17 heavy (non-hydrogen) atoms. The van der Waals surface area contributed by atoms with Gasteiger partial charge in [0.2, 0.25) is 0 Å². The molecule has 0 aromatic heterocycles. The van der Waals surface area contributed by atoms with E-state index >= 15 is 0 Å².